The van der Waals surface area contributed by atoms with Crippen molar-refractivity contribution in [3.05, 3.63) is 0 Å². The van der Waals surface area contributed by atoms with E-state index in [2.05, 4.69) is 12.2 Å². The molecule has 2 amide bonds. The van der Waals surface area contributed by atoms with Crippen LogP contribution in [-0.4, -0.2) is 69.6 Å². The first-order chi connectivity index (χ1) is 13.4. The molecule has 3 rings (SSSR count). The van der Waals surface area contributed by atoms with Crippen LogP contribution in [0.5, 0.6) is 0 Å². The summed E-state index contributed by atoms with van der Waals surface area (Å²) in [4.78, 5) is 40.8. The van der Waals surface area contributed by atoms with Crippen LogP contribution in [0.2, 0.25) is 0 Å². The smallest absolute Gasteiger partial charge is 0.310 e. The van der Waals surface area contributed by atoms with Crippen LogP contribution in [0.3, 0.4) is 0 Å². The van der Waals surface area contributed by atoms with Crippen LogP contribution in [0.4, 0.5) is 0 Å². The van der Waals surface area contributed by atoms with E-state index in [9.17, 15) is 19.5 Å². The molecule has 2 bridgehead atoms. The molecule has 3 aliphatic rings. The van der Waals surface area contributed by atoms with Crippen molar-refractivity contribution < 1.29 is 24.2 Å². The fourth-order valence-electron chi connectivity index (χ4n) is 5.14. The quantitative estimate of drug-likeness (QED) is 0.438. The SMILES string of the molecule is CCCCCNC(=O)C1N([C@H](C)CO)C(=O)[C@@H]2[C@@H](C(=O)OCC)[C@H]3CCC12S3. The van der Waals surface area contributed by atoms with Gasteiger partial charge in [-0.15, -0.1) is 11.8 Å². The van der Waals surface area contributed by atoms with E-state index in [1.165, 1.54) is 0 Å². The second kappa shape index (κ2) is 8.61. The highest BCUT2D eigenvalue weighted by molar-refractivity contribution is 8.02. The number of nitrogens with one attached hydrogen (secondary N) is 1. The Morgan fingerprint density at radius 3 is 2.79 bits per heavy atom. The van der Waals surface area contributed by atoms with Crippen molar-refractivity contribution in [3.63, 3.8) is 0 Å². The lowest BCUT2D eigenvalue weighted by Crippen LogP contribution is -2.56. The molecular formula is C20H32N2O5S. The van der Waals surface area contributed by atoms with Crippen molar-refractivity contribution in [3.8, 4) is 0 Å². The Labute approximate surface area is 170 Å². The maximum Gasteiger partial charge on any atom is 0.310 e. The summed E-state index contributed by atoms with van der Waals surface area (Å²) in [6.07, 6.45) is 4.54. The summed E-state index contributed by atoms with van der Waals surface area (Å²) in [5.74, 6) is -1.73. The van der Waals surface area contributed by atoms with E-state index < -0.39 is 28.7 Å². The summed E-state index contributed by atoms with van der Waals surface area (Å²) in [5.41, 5.74) is 0. The van der Waals surface area contributed by atoms with Crippen LogP contribution < -0.4 is 5.32 Å². The van der Waals surface area contributed by atoms with Gasteiger partial charge in [0.25, 0.3) is 0 Å². The molecule has 0 aliphatic carbocycles. The molecule has 0 aromatic heterocycles. The molecule has 2 unspecified atom stereocenters. The van der Waals surface area contributed by atoms with Crippen molar-refractivity contribution in [2.75, 3.05) is 19.8 Å². The lowest BCUT2D eigenvalue weighted by Gasteiger charge is -2.35. The number of ether oxygens (including phenoxy) is 1. The molecular weight excluding hydrogens is 380 g/mol. The van der Waals surface area contributed by atoms with Crippen molar-refractivity contribution in [1.82, 2.24) is 10.2 Å². The Bertz CT molecular complexity index is 630. The van der Waals surface area contributed by atoms with E-state index in [4.69, 9.17) is 4.74 Å². The average molecular weight is 413 g/mol. The topological polar surface area (TPSA) is 95.9 Å². The lowest BCUT2D eigenvalue weighted by molar-refractivity contribution is -0.154. The Morgan fingerprint density at radius 2 is 2.14 bits per heavy atom. The van der Waals surface area contributed by atoms with E-state index in [-0.39, 0.29) is 36.2 Å². The van der Waals surface area contributed by atoms with Gasteiger partial charge >= 0.3 is 5.97 Å². The summed E-state index contributed by atoms with van der Waals surface area (Å²) < 4.78 is 4.67. The lowest BCUT2D eigenvalue weighted by atomic mass is 9.71. The number of likely N-dealkylation sites (tertiary alicyclic amines) is 1. The predicted octanol–water partition coefficient (Wildman–Crippen LogP) is 1.33. The van der Waals surface area contributed by atoms with Crippen molar-refractivity contribution >= 4 is 29.5 Å². The monoisotopic (exact) mass is 412 g/mol. The number of unbranched alkanes of at least 4 members (excludes halogenated alkanes) is 2. The van der Waals surface area contributed by atoms with Crippen LogP contribution >= 0.6 is 11.8 Å². The Kier molecular flexibility index (Phi) is 6.59. The number of aliphatic hydroxyl groups excluding tert-OH is 1. The molecule has 158 valence electrons. The maximum absolute atomic E-state index is 13.4. The first kappa shape index (κ1) is 21.4. The van der Waals surface area contributed by atoms with E-state index in [0.29, 0.717) is 6.54 Å². The minimum atomic E-state index is -0.650. The summed E-state index contributed by atoms with van der Waals surface area (Å²) >= 11 is 1.62. The number of thioether (sulfide) groups is 1. The standard InChI is InChI=1S/C20H32N2O5S/c1-4-6-7-10-21-17(24)16-20-9-8-13(28-20)14(19(26)27-5-2)15(20)18(25)22(16)12(3)11-23/h12-16,23H,4-11H2,1-3H3,(H,21,24)/t12-,13-,14+,15+,16?,20?/m1/s1. The first-order valence-electron chi connectivity index (χ1n) is 10.5. The molecule has 0 saturated carbocycles. The van der Waals surface area contributed by atoms with Gasteiger partial charge in [0.1, 0.15) is 6.04 Å². The highest BCUT2D eigenvalue weighted by Crippen LogP contribution is 2.66. The summed E-state index contributed by atoms with van der Waals surface area (Å²) in [7, 11) is 0. The number of fused-ring (bicyclic) bond motifs is 1. The molecule has 3 fully saturated rings. The highest BCUT2D eigenvalue weighted by atomic mass is 32.2. The Morgan fingerprint density at radius 1 is 1.39 bits per heavy atom. The van der Waals surface area contributed by atoms with Gasteiger partial charge < -0.3 is 20.1 Å². The number of carbonyl (C=O) groups is 3. The number of amides is 2. The molecule has 8 heteroatoms. The maximum atomic E-state index is 13.4. The van der Waals surface area contributed by atoms with Crippen molar-refractivity contribution in [2.45, 2.75) is 75.0 Å². The molecule has 28 heavy (non-hydrogen) atoms. The van der Waals surface area contributed by atoms with Crippen LogP contribution in [0.15, 0.2) is 0 Å². The second-order valence-electron chi connectivity index (χ2n) is 8.08. The van der Waals surface area contributed by atoms with E-state index in [1.54, 1.807) is 30.5 Å². The number of esters is 1. The Hall–Kier alpha value is -1.28. The minimum Gasteiger partial charge on any atom is -0.466 e. The fraction of sp³-hybridized carbons (Fsp3) is 0.850. The van der Waals surface area contributed by atoms with Gasteiger partial charge in [0, 0.05) is 11.8 Å². The molecule has 3 aliphatic heterocycles. The summed E-state index contributed by atoms with van der Waals surface area (Å²) in [6, 6.07) is -1.12. The van der Waals surface area contributed by atoms with Gasteiger partial charge in [-0.2, -0.15) is 0 Å². The zero-order valence-electron chi connectivity index (χ0n) is 17.0. The largest absolute Gasteiger partial charge is 0.466 e. The predicted molar refractivity (Wildman–Crippen MR) is 107 cm³/mol. The molecule has 2 N–H and O–H groups in total. The molecule has 3 saturated heterocycles. The Balaban J connectivity index is 1.90. The number of nitrogens with zero attached hydrogens (tertiary/aromatic N) is 1. The molecule has 7 nitrogen and oxygen atoms in total. The highest BCUT2D eigenvalue weighted by Gasteiger charge is 2.74. The normalized spacial score (nSPS) is 34.4. The van der Waals surface area contributed by atoms with Crippen LogP contribution in [0.25, 0.3) is 0 Å². The van der Waals surface area contributed by atoms with Gasteiger partial charge in [-0.05, 0) is 33.1 Å². The van der Waals surface area contributed by atoms with Gasteiger partial charge in [0.2, 0.25) is 11.8 Å². The molecule has 0 aromatic rings. The zero-order chi connectivity index (χ0) is 20.5. The van der Waals surface area contributed by atoms with Gasteiger partial charge in [0.15, 0.2) is 0 Å². The van der Waals surface area contributed by atoms with E-state index >= 15 is 0 Å². The third-order valence-electron chi connectivity index (χ3n) is 6.36. The van der Waals surface area contributed by atoms with E-state index in [1.807, 2.05) is 0 Å². The molecule has 1 spiro atoms. The molecule has 0 radical (unpaired) electrons. The number of hydrogen-bond acceptors (Lipinski definition) is 6. The molecule has 3 heterocycles. The van der Waals surface area contributed by atoms with Gasteiger partial charge in [0.05, 0.1) is 35.8 Å². The average Bonchev–Trinajstić information content (AvgIpc) is 3.32. The van der Waals surface area contributed by atoms with Crippen LogP contribution in [0.1, 0.15) is 52.9 Å². The zero-order valence-corrected chi connectivity index (χ0v) is 17.8. The molecule has 0 aromatic carbocycles. The number of carbonyl (C=O) groups excluding carboxylic acids is 3. The van der Waals surface area contributed by atoms with Gasteiger partial charge in [-0.1, -0.05) is 19.8 Å². The van der Waals surface area contributed by atoms with Crippen molar-refractivity contribution in [1.29, 1.82) is 0 Å². The summed E-state index contributed by atoms with van der Waals surface area (Å²) in [5, 5.41) is 12.8. The third kappa shape index (κ3) is 3.32. The van der Waals surface area contributed by atoms with Gasteiger partial charge in [-0.3, -0.25) is 14.4 Å². The van der Waals surface area contributed by atoms with Crippen molar-refractivity contribution in [2.24, 2.45) is 11.8 Å². The number of aliphatic hydroxyl groups is 1. The second-order valence-corrected chi connectivity index (χ2v) is 9.68. The summed E-state index contributed by atoms with van der Waals surface area (Å²) in [6.45, 7) is 6.26. The first-order valence-corrected chi connectivity index (χ1v) is 11.4. The fourth-order valence-corrected chi connectivity index (χ4v) is 7.34. The minimum absolute atomic E-state index is 0.0231. The third-order valence-corrected chi connectivity index (χ3v) is 8.32. The number of hydrogen-bond donors (Lipinski definition) is 2. The van der Waals surface area contributed by atoms with E-state index in [0.717, 1.165) is 32.1 Å². The van der Waals surface area contributed by atoms with Crippen LogP contribution in [0, 0.1) is 11.8 Å². The van der Waals surface area contributed by atoms with Crippen LogP contribution in [-0.2, 0) is 19.1 Å². The number of rotatable bonds is 9. The molecule has 6 atom stereocenters. The van der Waals surface area contributed by atoms with Gasteiger partial charge in [-0.25, -0.2) is 0 Å².